The Hall–Kier alpha value is -0.670. The summed E-state index contributed by atoms with van der Waals surface area (Å²) in [6.45, 7) is 6.99. The van der Waals surface area contributed by atoms with Crippen LogP contribution in [0.4, 0.5) is 0 Å². The van der Waals surface area contributed by atoms with Crippen LogP contribution in [-0.4, -0.2) is 65.7 Å². The lowest BCUT2D eigenvalue weighted by molar-refractivity contribution is -0.153. The minimum absolute atomic E-state index is 0.236. The van der Waals surface area contributed by atoms with E-state index in [9.17, 15) is 9.90 Å². The van der Waals surface area contributed by atoms with Crippen LogP contribution in [0.5, 0.6) is 0 Å². The number of hydrogen-bond donors (Lipinski definition) is 1. The van der Waals surface area contributed by atoms with Crippen molar-refractivity contribution in [2.24, 2.45) is 0 Å². The predicted octanol–water partition coefficient (Wildman–Crippen LogP) is 1.45. The van der Waals surface area contributed by atoms with Crippen LogP contribution in [0.15, 0.2) is 0 Å². The average Bonchev–Trinajstić information content (AvgIpc) is 2.46. The molecule has 6 nitrogen and oxygen atoms in total. The molecule has 0 aromatic heterocycles. The highest BCUT2D eigenvalue weighted by molar-refractivity contribution is 7.80. The Morgan fingerprint density at radius 2 is 1.59 bits per heavy atom. The number of aliphatic hydroxyl groups excluding tert-OH is 1. The van der Waals surface area contributed by atoms with E-state index in [2.05, 4.69) is 0 Å². The van der Waals surface area contributed by atoms with Gasteiger partial charge in [0.2, 0.25) is 0 Å². The molecule has 0 heterocycles. The second-order valence-corrected chi connectivity index (χ2v) is 5.53. The Labute approximate surface area is 142 Å². The third-order valence-corrected chi connectivity index (χ3v) is 2.86. The predicted molar refractivity (Wildman–Crippen MR) is 90.3 cm³/mol. The Morgan fingerprint density at radius 3 is 1.95 bits per heavy atom. The molecular formula is C14H24O6S2. The third-order valence-electron chi connectivity index (χ3n) is 2.67. The van der Waals surface area contributed by atoms with Crippen molar-refractivity contribution in [1.82, 2.24) is 0 Å². The molecule has 0 amide bonds. The second-order valence-electron chi connectivity index (χ2n) is 4.38. The van der Waals surface area contributed by atoms with Gasteiger partial charge in [-0.25, -0.2) is 0 Å². The van der Waals surface area contributed by atoms with Gasteiger partial charge in [-0.3, -0.25) is 0 Å². The van der Waals surface area contributed by atoms with Crippen molar-refractivity contribution in [3.63, 3.8) is 0 Å². The summed E-state index contributed by atoms with van der Waals surface area (Å²) in [5.74, 6) is 0. The number of hydrogen-bond acceptors (Lipinski definition) is 8. The van der Waals surface area contributed by atoms with E-state index < -0.39 is 24.4 Å². The zero-order valence-corrected chi connectivity index (χ0v) is 14.9. The zero-order chi connectivity index (χ0) is 17.1. The molecule has 4 atom stereocenters. The highest BCUT2D eigenvalue weighted by Gasteiger charge is 2.39. The first-order valence-electron chi connectivity index (χ1n) is 7.04. The van der Waals surface area contributed by atoms with Gasteiger partial charge in [0.05, 0.1) is 6.61 Å². The van der Waals surface area contributed by atoms with Gasteiger partial charge in [0.25, 0.3) is 0 Å². The molecule has 0 fully saturated rings. The lowest BCUT2D eigenvalue weighted by atomic mass is 10.0. The van der Waals surface area contributed by atoms with Crippen molar-refractivity contribution < 1.29 is 28.8 Å². The summed E-state index contributed by atoms with van der Waals surface area (Å²) in [7, 11) is 0. The second kappa shape index (κ2) is 11.8. The number of thiocarbonyl (C=S) groups is 2. The van der Waals surface area contributed by atoms with Crippen molar-refractivity contribution in [1.29, 1.82) is 0 Å². The molecule has 0 aromatic rings. The van der Waals surface area contributed by atoms with Crippen molar-refractivity contribution in [2.75, 3.05) is 19.8 Å². The fourth-order valence-electron chi connectivity index (χ4n) is 1.94. The van der Waals surface area contributed by atoms with E-state index in [4.69, 9.17) is 43.4 Å². The molecule has 1 N–H and O–H groups in total. The molecule has 0 aliphatic rings. The topological polar surface area (TPSA) is 74.2 Å². The first-order valence-corrected chi connectivity index (χ1v) is 7.86. The maximum absolute atomic E-state index is 11.3. The Balaban J connectivity index is 5.46. The minimum Gasteiger partial charge on any atom is -0.478 e. The molecule has 0 saturated heterocycles. The lowest BCUT2D eigenvalue weighted by Gasteiger charge is -2.34. The van der Waals surface area contributed by atoms with Gasteiger partial charge in [0, 0.05) is 27.1 Å². The molecule has 0 spiro atoms. The fourth-order valence-corrected chi connectivity index (χ4v) is 2.18. The molecule has 0 aromatic carbocycles. The zero-order valence-electron chi connectivity index (χ0n) is 13.3. The lowest BCUT2D eigenvalue weighted by Crippen LogP contribution is -2.52. The summed E-state index contributed by atoms with van der Waals surface area (Å²) in [6, 6.07) is 0. The smallest absolute Gasteiger partial charge is 0.167 e. The van der Waals surface area contributed by atoms with E-state index in [0.717, 1.165) is 0 Å². The number of carbonyl (C=O) groups is 1. The highest BCUT2D eigenvalue weighted by atomic mass is 32.1. The number of rotatable bonds is 11. The number of aliphatic hydroxyl groups is 1. The van der Waals surface area contributed by atoms with Crippen LogP contribution < -0.4 is 0 Å². The van der Waals surface area contributed by atoms with E-state index in [1.807, 2.05) is 0 Å². The van der Waals surface area contributed by atoms with E-state index in [1.165, 1.54) is 0 Å². The highest BCUT2D eigenvalue weighted by Crippen LogP contribution is 2.18. The number of aldehydes is 1. The van der Waals surface area contributed by atoms with Gasteiger partial charge in [0.1, 0.15) is 12.2 Å². The van der Waals surface area contributed by atoms with Gasteiger partial charge in [-0.1, -0.05) is 0 Å². The van der Waals surface area contributed by atoms with E-state index in [-0.39, 0.29) is 16.7 Å². The molecule has 0 unspecified atom stereocenters. The molecule has 128 valence electrons. The summed E-state index contributed by atoms with van der Waals surface area (Å²) in [5.41, 5.74) is 0. The standard InChI is InChI=1S/C14H24O6S2/c1-5-17-11(7-15)13(18-6-2)14(20-10(4)22)12(8-16)19-9(3)21/h7,11-14,16H,5-6,8H2,1-4H3/t11-,12+,13+,14+/m0/s1. The van der Waals surface area contributed by atoms with Gasteiger partial charge in [0.15, 0.2) is 28.6 Å². The largest absolute Gasteiger partial charge is 0.478 e. The Morgan fingerprint density at radius 1 is 1.05 bits per heavy atom. The molecule has 0 aliphatic heterocycles. The van der Waals surface area contributed by atoms with Crippen LogP contribution in [0.25, 0.3) is 0 Å². The maximum Gasteiger partial charge on any atom is 0.167 e. The molecule has 0 bridgehead atoms. The summed E-state index contributed by atoms with van der Waals surface area (Å²) in [6.07, 6.45) is -2.67. The summed E-state index contributed by atoms with van der Waals surface area (Å²) in [4.78, 5) is 11.3. The van der Waals surface area contributed by atoms with E-state index in [0.29, 0.717) is 19.5 Å². The molecular weight excluding hydrogens is 328 g/mol. The van der Waals surface area contributed by atoms with E-state index in [1.54, 1.807) is 27.7 Å². The monoisotopic (exact) mass is 352 g/mol. The number of ether oxygens (including phenoxy) is 4. The van der Waals surface area contributed by atoms with Gasteiger partial charge in [-0.15, -0.1) is 0 Å². The molecule has 0 radical (unpaired) electrons. The van der Waals surface area contributed by atoms with Gasteiger partial charge in [-0.05, 0) is 38.3 Å². The van der Waals surface area contributed by atoms with Crippen molar-refractivity contribution >= 4 is 40.8 Å². The minimum atomic E-state index is -0.868. The van der Waals surface area contributed by atoms with E-state index >= 15 is 0 Å². The van der Waals surface area contributed by atoms with Crippen LogP contribution in [0.2, 0.25) is 0 Å². The maximum atomic E-state index is 11.3. The average molecular weight is 352 g/mol. The number of carbonyl (C=O) groups excluding carboxylic acids is 1. The molecule has 0 aliphatic carbocycles. The fraction of sp³-hybridized carbons (Fsp3) is 0.786. The van der Waals surface area contributed by atoms with Crippen molar-refractivity contribution in [3.8, 4) is 0 Å². The molecule has 22 heavy (non-hydrogen) atoms. The SMILES string of the molecule is CCO[C@@H]([C@H](OC(C)=S)[C@@H](CO)OC(C)=S)[C@H](C=O)OCC. The van der Waals surface area contributed by atoms with Crippen LogP contribution in [0.3, 0.4) is 0 Å². The molecule has 0 saturated carbocycles. The van der Waals surface area contributed by atoms with Gasteiger partial charge < -0.3 is 28.8 Å². The van der Waals surface area contributed by atoms with Crippen molar-refractivity contribution in [3.05, 3.63) is 0 Å². The summed E-state index contributed by atoms with van der Waals surface area (Å²) < 4.78 is 22.0. The quantitative estimate of drug-likeness (QED) is 0.442. The van der Waals surface area contributed by atoms with Gasteiger partial charge >= 0.3 is 0 Å². The Bertz CT molecular complexity index is 363. The van der Waals surface area contributed by atoms with Gasteiger partial charge in [-0.2, -0.15) is 0 Å². The van der Waals surface area contributed by atoms with Crippen LogP contribution in [0, 0.1) is 0 Å². The van der Waals surface area contributed by atoms with Crippen molar-refractivity contribution in [2.45, 2.75) is 52.1 Å². The Kier molecular flexibility index (Phi) is 11.5. The first-order chi connectivity index (χ1) is 10.4. The third kappa shape index (κ3) is 7.55. The van der Waals surface area contributed by atoms with Crippen LogP contribution in [0.1, 0.15) is 27.7 Å². The summed E-state index contributed by atoms with van der Waals surface area (Å²) >= 11 is 9.87. The molecule has 8 heteroatoms. The molecule has 0 rings (SSSR count). The van der Waals surface area contributed by atoms with Crippen LogP contribution in [-0.2, 0) is 23.7 Å². The first kappa shape index (κ1) is 21.3. The van der Waals surface area contributed by atoms with Crippen LogP contribution >= 0.6 is 24.4 Å². The normalized spacial score (nSPS) is 16.2. The summed E-state index contributed by atoms with van der Waals surface area (Å²) in [5, 5.41) is 10.0.